The largest absolute Gasteiger partial charge is 0.375 e. The number of nitrogens with two attached hydrogens (primary N) is 1. The number of hydrogen-bond donors (Lipinski definition) is 3. The van der Waals surface area contributed by atoms with E-state index >= 15 is 0 Å². The van der Waals surface area contributed by atoms with E-state index < -0.39 is 35.3 Å². The van der Waals surface area contributed by atoms with Gasteiger partial charge in [0.1, 0.15) is 24.0 Å². The Morgan fingerprint density at radius 2 is 1.90 bits per heavy atom. The van der Waals surface area contributed by atoms with E-state index in [9.17, 15) is 27.6 Å². The average molecular weight is 552 g/mol. The fourth-order valence-electron chi connectivity index (χ4n) is 4.84. The molecule has 4 N–H and O–H groups in total. The normalized spacial score (nSPS) is 13.5. The number of nitrogens with one attached hydrogen (secondary N) is 2. The smallest absolute Gasteiger partial charge is 0.267 e. The quantitative estimate of drug-likeness (QED) is 0.310. The number of aromatic nitrogens is 3. The second kappa shape index (κ2) is 11.2. The summed E-state index contributed by atoms with van der Waals surface area (Å²) in [5.74, 6) is -3.85. The molecule has 206 valence electrons. The van der Waals surface area contributed by atoms with Crippen molar-refractivity contribution in [2.45, 2.75) is 32.0 Å². The van der Waals surface area contributed by atoms with E-state index in [4.69, 9.17) is 10.5 Å². The van der Waals surface area contributed by atoms with Crippen LogP contribution in [0.1, 0.15) is 38.9 Å². The predicted octanol–water partition coefficient (Wildman–Crippen LogP) is 2.93. The Labute approximate surface area is 225 Å². The second-order valence-corrected chi connectivity index (χ2v) is 9.35. The third-order valence-electron chi connectivity index (χ3n) is 6.63. The number of rotatable bonds is 8. The first-order valence-corrected chi connectivity index (χ1v) is 12.4. The summed E-state index contributed by atoms with van der Waals surface area (Å²) < 4.78 is 49.1. The Morgan fingerprint density at radius 1 is 1.12 bits per heavy atom. The van der Waals surface area contributed by atoms with Gasteiger partial charge >= 0.3 is 0 Å². The average Bonchev–Trinajstić information content (AvgIpc) is 3.23. The van der Waals surface area contributed by atoms with E-state index in [1.165, 1.54) is 23.0 Å². The topological polar surface area (TPSA) is 132 Å². The van der Waals surface area contributed by atoms with Crippen molar-refractivity contribution in [3.05, 3.63) is 111 Å². The van der Waals surface area contributed by atoms with Crippen molar-refractivity contribution < 1.29 is 27.5 Å². The number of benzene rings is 2. The number of halogens is 3. The number of amides is 2. The number of H-pyrrole nitrogens is 1. The van der Waals surface area contributed by atoms with Crippen molar-refractivity contribution in [1.82, 2.24) is 20.1 Å². The summed E-state index contributed by atoms with van der Waals surface area (Å²) in [5, 5.41) is 5.50. The number of carbonyl (C=O) groups is 2. The number of pyridine rings is 1. The zero-order valence-corrected chi connectivity index (χ0v) is 21.0. The van der Waals surface area contributed by atoms with Crippen molar-refractivity contribution in [3.63, 3.8) is 0 Å². The lowest BCUT2D eigenvalue weighted by atomic mass is 9.94. The van der Waals surface area contributed by atoms with Gasteiger partial charge in [-0.1, -0.05) is 12.1 Å². The molecule has 0 saturated heterocycles. The summed E-state index contributed by atoms with van der Waals surface area (Å²) in [6.45, 7) is 0.318. The number of primary amides is 1. The zero-order valence-electron chi connectivity index (χ0n) is 21.0. The zero-order chi connectivity index (χ0) is 28.4. The molecule has 2 amide bonds. The molecule has 0 spiro atoms. The summed E-state index contributed by atoms with van der Waals surface area (Å²) in [6.07, 6.45) is 1.84. The maximum atomic E-state index is 14.2. The molecular formula is C28H24F3N5O4. The Balaban J connectivity index is 1.52. The van der Waals surface area contributed by atoms with Crippen LogP contribution in [0.5, 0.6) is 0 Å². The Morgan fingerprint density at radius 3 is 2.65 bits per heavy atom. The number of carbonyl (C=O) groups excluding carboxylic acids is 2. The van der Waals surface area contributed by atoms with Crippen LogP contribution < -0.4 is 16.6 Å². The minimum absolute atomic E-state index is 0.0578. The third-order valence-corrected chi connectivity index (χ3v) is 6.63. The molecule has 4 aromatic rings. The van der Waals surface area contributed by atoms with Crippen LogP contribution in [0.15, 0.2) is 59.5 Å². The standard InChI is InChI=1S/C28H24F3N5O4/c29-17-8-15(9-18(30)12-17)10-23(34-25(37)13-36-24-14-40-7-5-20(24)28(39)35-36)26-19(2-1-6-33-26)16-3-4-22(31)21(11-16)27(32)38/h1-4,6,8-9,11-12,23H,5,7,10,13-14H2,(H2,32,38)(H,34,37)(H,35,39)/t23-/m0/s1. The Bertz CT molecular complexity index is 1650. The highest BCUT2D eigenvalue weighted by Crippen LogP contribution is 2.30. The molecule has 0 fully saturated rings. The first-order chi connectivity index (χ1) is 19.2. The first kappa shape index (κ1) is 26.9. The molecule has 12 heteroatoms. The van der Waals surface area contributed by atoms with E-state index in [1.807, 2.05) is 0 Å². The molecule has 2 aromatic carbocycles. The van der Waals surface area contributed by atoms with Crippen LogP contribution >= 0.6 is 0 Å². The predicted molar refractivity (Wildman–Crippen MR) is 138 cm³/mol. The molecule has 0 unspecified atom stereocenters. The van der Waals surface area contributed by atoms with Crippen LogP contribution in [0, 0.1) is 17.5 Å². The van der Waals surface area contributed by atoms with Crippen molar-refractivity contribution in [1.29, 1.82) is 0 Å². The lowest BCUT2D eigenvalue weighted by Crippen LogP contribution is -2.34. The van der Waals surface area contributed by atoms with Gasteiger partial charge in [0.15, 0.2) is 0 Å². The molecule has 0 saturated carbocycles. The fourth-order valence-corrected chi connectivity index (χ4v) is 4.84. The fraction of sp³-hybridized carbons (Fsp3) is 0.214. The van der Waals surface area contributed by atoms with E-state index in [1.54, 1.807) is 12.1 Å². The maximum Gasteiger partial charge on any atom is 0.267 e. The summed E-state index contributed by atoms with van der Waals surface area (Å²) in [5.41, 5.74) is 7.19. The van der Waals surface area contributed by atoms with E-state index in [-0.39, 0.29) is 36.3 Å². The molecule has 3 heterocycles. The molecule has 1 aliphatic heterocycles. The molecule has 9 nitrogen and oxygen atoms in total. The lowest BCUT2D eigenvalue weighted by molar-refractivity contribution is -0.122. The molecule has 1 aliphatic rings. The Hall–Kier alpha value is -4.71. The highest BCUT2D eigenvalue weighted by atomic mass is 19.1. The molecule has 0 aliphatic carbocycles. The number of hydrogen-bond acceptors (Lipinski definition) is 5. The van der Waals surface area contributed by atoms with Crippen LogP contribution in [0.2, 0.25) is 0 Å². The molecular weight excluding hydrogens is 527 g/mol. The van der Waals surface area contributed by atoms with E-state index in [0.29, 0.717) is 41.1 Å². The van der Waals surface area contributed by atoms with Crippen LogP contribution in [-0.2, 0) is 35.5 Å². The summed E-state index contributed by atoms with van der Waals surface area (Å²) in [7, 11) is 0. The van der Waals surface area contributed by atoms with Gasteiger partial charge < -0.3 is 15.8 Å². The number of fused-ring (bicyclic) bond motifs is 1. The molecule has 0 radical (unpaired) electrons. The van der Waals surface area contributed by atoms with Crippen molar-refractivity contribution in [3.8, 4) is 11.1 Å². The van der Waals surface area contributed by atoms with Crippen LogP contribution in [0.25, 0.3) is 11.1 Å². The highest BCUT2D eigenvalue weighted by Gasteiger charge is 2.25. The van der Waals surface area contributed by atoms with Crippen molar-refractivity contribution >= 4 is 11.8 Å². The minimum atomic E-state index is -0.960. The SMILES string of the molecule is NC(=O)c1cc(-c2cccnc2[C@H](Cc2cc(F)cc(F)c2)NC(=O)Cn2[nH]c(=O)c3c2COCC3)ccc1F. The van der Waals surface area contributed by atoms with Gasteiger partial charge in [-0.05, 0) is 47.9 Å². The van der Waals surface area contributed by atoms with E-state index in [2.05, 4.69) is 15.4 Å². The second-order valence-electron chi connectivity index (χ2n) is 9.35. The molecule has 5 rings (SSSR count). The first-order valence-electron chi connectivity index (χ1n) is 12.4. The highest BCUT2D eigenvalue weighted by molar-refractivity contribution is 5.94. The van der Waals surface area contributed by atoms with Gasteiger partial charge in [-0.15, -0.1) is 0 Å². The van der Waals surface area contributed by atoms with E-state index in [0.717, 1.165) is 24.3 Å². The molecule has 0 bridgehead atoms. The molecule has 40 heavy (non-hydrogen) atoms. The van der Waals surface area contributed by atoms with Crippen LogP contribution in [0.3, 0.4) is 0 Å². The molecule has 1 atom stereocenters. The monoisotopic (exact) mass is 551 g/mol. The summed E-state index contributed by atoms with van der Waals surface area (Å²) in [4.78, 5) is 41.8. The number of ether oxygens (including phenoxy) is 1. The summed E-state index contributed by atoms with van der Waals surface area (Å²) in [6, 6.07) is 9.18. The van der Waals surface area contributed by atoms with Gasteiger partial charge in [0, 0.05) is 29.8 Å². The van der Waals surface area contributed by atoms with Gasteiger partial charge in [0.05, 0.1) is 36.2 Å². The number of nitrogens with zero attached hydrogens (tertiary/aromatic N) is 2. The maximum absolute atomic E-state index is 14.2. The van der Waals surface area contributed by atoms with Gasteiger partial charge in [0.25, 0.3) is 11.5 Å². The van der Waals surface area contributed by atoms with Gasteiger partial charge in [-0.2, -0.15) is 0 Å². The van der Waals surface area contributed by atoms with Crippen LogP contribution in [-0.4, -0.2) is 33.2 Å². The van der Waals surface area contributed by atoms with Crippen molar-refractivity contribution in [2.75, 3.05) is 6.61 Å². The van der Waals surface area contributed by atoms with Crippen molar-refractivity contribution in [2.24, 2.45) is 5.73 Å². The minimum Gasteiger partial charge on any atom is -0.375 e. The van der Waals surface area contributed by atoms with Gasteiger partial charge in [-0.25, -0.2) is 13.2 Å². The van der Waals surface area contributed by atoms with Gasteiger partial charge in [0.2, 0.25) is 5.91 Å². The molecule has 2 aromatic heterocycles. The Kier molecular flexibility index (Phi) is 7.52. The number of aromatic amines is 1. The third kappa shape index (κ3) is 5.66. The van der Waals surface area contributed by atoms with Crippen LogP contribution in [0.4, 0.5) is 13.2 Å². The van der Waals surface area contributed by atoms with Gasteiger partial charge in [-0.3, -0.25) is 29.1 Å². The lowest BCUT2D eigenvalue weighted by Gasteiger charge is -2.22. The summed E-state index contributed by atoms with van der Waals surface area (Å²) >= 11 is 0.